The summed E-state index contributed by atoms with van der Waals surface area (Å²) < 4.78 is 0. The van der Waals surface area contributed by atoms with Crippen molar-refractivity contribution in [2.45, 2.75) is 6.42 Å². The highest BCUT2D eigenvalue weighted by Gasteiger charge is 2.08. The van der Waals surface area contributed by atoms with Crippen molar-refractivity contribution in [3.63, 3.8) is 0 Å². The fourth-order valence-electron chi connectivity index (χ4n) is 1.31. The predicted molar refractivity (Wildman–Crippen MR) is 69.2 cm³/mol. The summed E-state index contributed by atoms with van der Waals surface area (Å²) in [7, 11) is 0. The van der Waals surface area contributed by atoms with Crippen LogP contribution in [0.15, 0.2) is 39.1 Å². The molecule has 0 aromatic carbocycles. The van der Waals surface area contributed by atoms with Crippen molar-refractivity contribution in [2.75, 3.05) is 0 Å². The number of carbonyl (C=O) groups excluding carboxylic acids is 1. The summed E-state index contributed by atoms with van der Waals surface area (Å²) in [6.07, 6.45) is 2.65. The molecule has 0 radical (unpaired) electrons. The third-order valence-corrected chi connectivity index (χ3v) is 2.18. The quantitative estimate of drug-likeness (QED) is 0.463. The molecule has 0 aliphatic carbocycles. The Morgan fingerprint density at radius 1 is 1.40 bits per heavy atom. The van der Waals surface area contributed by atoms with E-state index in [0.717, 1.165) is 0 Å². The standard InChI is InChI=1S/C11H10N6O3/c18-9(5-8-10(19)14-11(20)17-15-8)16-13-6-7-3-1-2-4-12-7/h1-4,6H,5H2,(H,16,18)(H2,14,17,19,20)/b13-6+. The van der Waals surface area contributed by atoms with Gasteiger partial charge < -0.3 is 0 Å². The highest BCUT2D eigenvalue weighted by Crippen LogP contribution is 1.88. The molecule has 2 rings (SSSR count). The number of hydrazone groups is 1. The second-order valence-electron chi connectivity index (χ2n) is 3.68. The van der Waals surface area contributed by atoms with Crippen molar-refractivity contribution < 1.29 is 4.79 Å². The van der Waals surface area contributed by atoms with E-state index in [1.165, 1.54) is 6.21 Å². The smallest absolute Gasteiger partial charge is 0.273 e. The minimum Gasteiger partial charge on any atom is -0.273 e. The molecular formula is C11H10N6O3. The molecule has 0 saturated heterocycles. The van der Waals surface area contributed by atoms with E-state index in [0.29, 0.717) is 5.69 Å². The third-order valence-electron chi connectivity index (χ3n) is 2.18. The molecule has 0 bridgehead atoms. The highest BCUT2D eigenvalue weighted by molar-refractivity contribution is 5.81. The van der Waals surface area contributed by atoms with Gasteiger partial charge in [-0.3, -0.25) is 19.6 Å². The molecule has 0 fully saturated rings. The van der Waals surface area contributed by atoms with E-state index in [9.17, 15) is 14.4 Å². The lowest BCUT2D eigenvalue weighted by atomic mass is 10.3. The van der Waals surface area contributed by atoms with Gasteiger partial charge >= 0.3 is 5.69 Å². The number of nitrogens with one attached hydrogen (secondary N) is 3. The SMILES string of the molecule is O=C(Cc1n[nH]c(=O)[nH]c1=O)N/N=C/c1ccccn1. The molecular weight excluding hydrogens is 264 g/mol. The van der Waals surface area contributed by atoms with Crippen molar-refractivity contribution in [3.8, 4) is 0 Å². The van der Waals surface area contributed by atoms with Gasteiger partial charge in [0, 0.05) is 6.20 Å². The molecule has 9 nitrogen and oxygen atoms in total. The first-order chi connectivity index (χ1) is 9.65. The van der Waals surface area contributed by atoms with Gasteiger partial charge in [-0.1, -0.05) is 6.07 Å². The summed E-state index contributed by atoms with van der Waals surface area (Å²) in [6.45, 7) is 0. The summed E-state index contributed by atoms with van der Waals surface area (Å²) in [5, 5.41) is 9.20. The van der Waals surface area contributed by atoms with Crippen LogP contribution in [-0.4, -0.2) is 32.3 Å². The molecule has 0 atom stereocenters. The average Bonchev–Trinajstić information content (AvgIpc) is 2.43. The molecule has 0 spiro atoms. The summed E-state index contributed by atoms with van der Waals surface area (Å²) in [6, 6.07) is 5.24. The van der Waals surface area contributed by atoms with Gasteiger partial charge in [-0.05, 0) is 12.1 Å². The van der Waals surface area contributed by atoms with Crippen LogP contribution in [0.25, 0.3) is 0 Å². The fraction of sp³-hybridized carbons (Fsp3) is 0.0909. The zero-order valence-electron chi connectivity index (χ0n) is 10.2. The van der Waals surface area contributed by atoms with Crippen molar-refractivity contribution in [1.82, 2.24) is 25.6 Å². The molecule has 9 heteroatoms. The lowest BCUT2D eigenvalue weighted by Crippen LogP contribution is -2.31. The Balaban J connectivity index is 1.94. The fourth-order valence-corrected chi connectivity index (χ4v) is 1.31. The summed E-state index contributed by atoms with van der Waals surface area (Å²) >= 11 is 0. The molecule has 102 valence electrons. The van der Waals surface area contributed by atoms with Crippen LogP contribution in [0.4, 0.5) is 0 Å². The van der Waals surface area contributed by atoms with Crippen molar-refractivity contribution in [1.29, 1.82) is 0 Å². The van der Waals surface area contributed by atoms with Gasteiger partial charge in [-0.15, -0.1) is 0 Å². The Morgan fingerprint density at radius 2 is 2.25 bits per heavy atom. The van der Waals surface area contributed by atoms with E-state index in [1.54, 1.807) is 24.4 Å². The molecule has 2 heterocycles. The first-order valence-electron chi connectivity index (χ1n) is 5.56. The number of pyridine rings is 1. The topological polar surface area (TPSA) is 133 Å². The van der Waals surface area contributed by atoms with Crippen molar-refractivity contribution in [2.24, 2.45) is 5.10 Å². The maximum atomic E-state index is 11.5. The third kappa shape index (κ3) is 3.70. The molecule has 0 aliphatic rings. The molecule has 0 saturated carbocycles. The number of aromatic nitrogens is 4. The van der Waals surface area contributed by atoms with E-state index in [-0.39, 0.29) is 12.1 Å². The lowest BCUT2D eigenvalue weighted by Gasteiger charge is -1.97. The van der Waals surface area contributed by atoms with Gasteiger partial charge in [0.2, 0.25) is 5.91 Å². The van der Waals surface area contributed by atoms with E-state index >= 15 is 0 Å². The van der Waals surface area contributed by atoms with Gasteiger partial charge in [0.05, 0.1) is 18.3 Å². The number of carbonyl (C=O) groups is 1. The van der Waals surface area contributed by atoms with Gasteiger partial charge in [-0.2, -0.15) is 10.2 Å². The van der Waals surface area contributed by atoms with Crippen LogP contribution in [0.1, 0.15) is 11.4 Å². The molecule has 1 amide bonds. The van der Waals surface area contributed by atoms with Crippen molar-refractivity contribution >= 4 is 12.1 Å². The van der Waals surface area contributed by atoms with Gasteiger partial charge in [0.25, 0.3) is 5.56 Å². The molecule has 2 aromatic heterocycles. The number of rotatable bonds is 4. The second kappa shape index (κ2) is 6.18. The normalized spacial score (nSPS) is 10.6. The van der Waals surface area contributed by atoms with E-state index in [4.69, 9.17) is 0 Å². The van der Waals surface area contributed by atoms with Gasteiger partial charge in [0.15, 0.2) is 0 Å². The molecule has 3 N–H and O–H groups in total. The van der Waals surface area contributed by atoms with Crippen molar-refractivity contribution in [3.05, 3.63) is 56.6 Å². The monoisotopic (exact) mass is 274 g/mol. The zero-order chi connectivity index (χ0) is 14.4. The van der Waals surface area contributed by atoms with E-state index in [2.05, 4.69) is 20.6 Å². The average molecular weight is 274 g/mol. The minimum atomic E-state index is -0.729. The van der Waals surface area contributed by atoms with Crippen LogP contribution in [-0.2, 0) is 11.2 Å². The number of hydrogen-bond acceptors (Lipinski definition) is 6. The molecule has 0 aliphatic heterocycles. The second-order valence-corrected chi connectivity index (χ2v) is 3.68. The van der Waals surface area contributed by atoms with E-state index < -0.39 is 17.2 Å². The Morgan fingerprint density at radius 3 is 2.95 bits per heavy atom. The van der Waals surface area contributed by atoms with Crippen LogP contribution in [0.2, 0.25) is 0 Å². The lowest BCUT2D eigenvalue weighted by molar-refractivity contribution is -0.120. The van der Waals surface area contributed by atoms with Crippen LogP contribution < -0.4 is 16.7 Å². The van der Waals surface area contributed by atoms with Gasteiger partial charge in [-0.25, -0.2) is 15.3 Å². The summed E-state index contributed by atoms with van der Waals surface area (Å²) in [5.74, 6) is -0.540. The summed E-state index contributed by atoms with van der Waals surface area (Å²) in [4.78, 5) is 39.5. The Hall–Kier alpha value is -3.10. The van der Waals surface area contributed by atoms with Crippen LogP contribution in [0.3, 0.4) is 0 Å². The number of nitrogens with zero attached hydrogens (tertiary/aromatic N) is 3. The Bertz CT molecular complexity index is 734. The summed E-state index contributed by atoms with van der Waals surface area (Å²) in [5.41, 5.74) is 1.26. The molecule has 2 aromatic rings. The number of aromatic amines is 2. The van der Waals surface area contributed by atoms with E-state index in [1.807, 2.05) is 10.1 Å². The first kappa shape index (κ1) is 13.3. The highest BCUT2D eigenvalue weighted by atomic mass is 16.2. The van der Waals surface area contributed by atoms with Gasteiger partial charge in [0.1, 0.15) is 5.69 Å². The first-order valence-corrected chi connectivity index (χ1v) is 5.56. The maximum absolute atomic E-state index is 11.5. The largest absolute Gasteiger partial charge is 0.342 e. The molecule has 0 unspecified atom stereocenters. The predicted octanol–water partition coefficient (Wildman–Crippen LogP) is -1.45. The van der Waals surface area contributed by atoms with Crippen LogP contribution in [0.5, 0.6) is 0 Å². The maximum Gasteiger partial charge on any atom is 0.342 e. The number of hydrogen-bond donors (Lipinski definition) is 3. The Kier molecular flexibility index (Phi) is 4.12. The molecule has 20 heavy (non-hydrogen) atoms. The zero-order valence-corrected chi connectivity index (χ0v) is 10.2. The number of H-pyrrole nitrogens is 2. The Labute approximate surface area is 111 Å². The van der Waals surface area contributed by atoms with Crippen LogP contribution >= 0.6 is 0 Å². The van der Waals surface area contributed by atoms with Crippen LogP contribution in [0, 0.1) is 0 Å². The number of amides is 1. The minimum absolute atomic E-state index is 0.102.